The Labute approximate surface area is 90.3 Å². The molecular weight excluding hydrogens is 190 g/mol. The van der Waals surface area contributed by atoms with Crippen LogP contribution in [0.4, 0.5) is 0 Å². The molecule has 0 radical (unpaired) electrons. The zero-order valence-electron chi connectivity index (χ0n) is 8.57. The minimum Gasteiger partial charge on any atom is -0.312 e. The molecule has 1 aromatic carbocycles. The first-order valence-electron chi connectivity index (χ1n) is 5.23. The molecule has 0 spiro atoms. The fourth-order valence-corrected chi connectivity index (χ4v) is 2.77. The van der Waals surface area contributed by atoms with Gasteiger partial charge in [-0.05, 0) is 12.0 Å². The molecule has 0 aliphatic carbocycles. The molecule has 1 nitrogen and oxygen atoms in total. The van der Waals surface area contributed by atoms with Crippen molar-refractivity contribution in [3.8, 4) is 0 Å². The maximum absolute atomic E-state index is 3.60. The van der Waals surface area contributed by atoms with Crippen LogP contribution < -0.4 is 5.32 Å². The Morgan fingerprint density at radius 1 is 1.36 bits per heavy atom. The monoisotopic (exact) mass is 207 g/mol. The first-order valence-corrected chi connectivity index (χ1v) is 6.28. The molecular formula is C12H17NS. The van der Waals surface area contributed by atoms with E-state index in [1.807, 2.05) is 0 Å². The fourth-order valence-electron chi connectivity index (χ4n) is 1.76. The average molecular weight is 207 g/mol. The highest BCUT2D eigenvalue weighted by Crippen LogP contribution is 2.18. The summed E-state index contributed by atoms with van der Waals surface area (Å²) in [6.45, 7) is 3.44. The van der Waals surface area contributed by atoms with E-state index in [1.54, 1.807) is 0 Å². The van der Waals surface area contributed by atoms with Gasteiger partial charge in [0.05, 0.1) is 0 Å². The van der Waals surface area contributed by atoms with Gasteiger partial charge in [0.15, 0.2) is 0 Å². The average Bonchev–Trinajstić information content (AvgIpc) is 2.23. The van der Waals surface area contributed by atoms with E-state index >= 15 is 0 Å². The Bertz CT molecular complexity index is 265. The number of rotatable bonds is 2. The summed E-state index contributed by atoms with van der Waals surface area (Å²) < 4.78 is 0. The Kier molecular flexibility index (Phi) is 3.49. The fraction of sp³-hybridized carbons (Fsp3) is 0.500. The van der Waals surface area contributed by atoms with Gasteiger partial charge in [0.25, 0.3) is 0 Å². The van der Waals surface area contributed by atoms with Crippen LogP contribution in [0.3, 0.4) is 0 Å². The summed E-state index contributed by atoms with van der Waals surface area (Å²) in [5.41, 5.74) is 1.44. The van der Waals surface area contributed by atoms with Gasteiger partial charge in [-0.15, -0.1) is 0 Å². The third-order valence-electron chi connectivity index (χ3n) is 2.60. The molecule has 0 aromatic heterocycles. The molecule has 2 unspecified atom stereocenters. The van der Waals surface area contributed by atoms with Crippen molar-refractivity contribution in [3.05, 3.63) is 35.9 Å². The van der Waals surface area contributed by atoms with Crippen LogP contribution in [0.5, 0.6) is 0 Å². The molecule has 1 fully saturated rings. The lowest BCUT2D eigenvalue weighted by molar-refractivity contribution is 0.537. The summed E-state index contributed by atoms with van der Waals surface area (Å²) in [4.78, 5) is 0. The minimum atomic E-state index is 0.665. The highest BCUT2D eigenvalue weighted by molar-refractivity contribution is 8.00. The van der Waals surface area contributed by atoms with Gasteiger partial charge in [-0.3, -0.25) is 0 Å². The van der Waals surface area contributed by atoms with E-state index in [9.17, 15) is 0 Å². The molecule has 2 rings (SSSR count). The zero-order chi connectivity index (χ0) is 9.80. The Morgan fingerprint density at radius 3 is 2.79 bits per heavy atom. The second-order valence-corrected chi connectivity index (χ2v) is 5.41. The number of hydrogen-bond acceptors (Lipinski definition) is 2. The summed E-state index contributed by atoms with van der Waals surface area (Å²) >= 11 is 2.08. The van der Waals surface area contributed by atoms with Crippen molar-refractivity contribution in [2.75, 3.05) is 12.3 Å². The molecule has 2 heteroatoms. The maximum atomic E-state index is 3.60. The lowest BCUT2D eigenvalue weighted by Gasteiger charge is -2.27. The Morgan fingerprint density at radius 2 is 2.14 bits per heavy atom. The van der Waals surface area contributed by atoms with Crippen LogP contribution in [-0.4, -0.2) is 23.6 Å². The molecule has 1 N–H and O–H groups in total. The van der Waals surface area contributed by atoms with Gasteiger partial charge in [-0.25, -0.2) is 0 Å². The molecule has 1 aliphatic heterocycles. The number of nitrogens with one attached hydrogen (secondary N) is 1. The third-order valence-corrected chi connectivity index (χ3v) is 3.93. The standard InChI is InChI=1S/C12H17NS/c1-10-8-13-12(9-14-10)7-11-5-3-2-4-6-11/h2-6,10,12-13H,7-9H2,1H3. The van der Waals surface area contributed by atoms with Crippen molar-refractivity contribution in [2.45, 2.75) is 24.6 Å². The molecule has 1 saturated heterocycles. The van der Waals surface area contributed by atoms with E-state index in [0.29, 0.717) is 6.04 Å². The summed E-state index contributed by atoms with van der Waals surface area (Å²) in [5, 5.41) is 4.38. The van der Waals surface area contributed by atoms with Gasteiger partial charge < -0.3 is 5.32 Å². The molecule has 2 atom stereocenters. The van der Waals surface area contributed by atoms with Gasteiger partial charge >= 0.3 is 0 Å². The van der Waals surface area contributed by atoms with E-state index in [1.165, 1.54) is 17.7 Å². The van der Waals surface area contributed by atoms with E-state index in [0.717, 1.165) is 11.8 Å². The van der Waals surface area contributed by atoms with Crippen LogP contribution in [0.2, 0.25) is 0 Å². The zero-order valence-corrected chi connectivity index (χ0v) is 9.39. The number of benzene rings is 1. The summed E-state index contributed by atoms with van der Waals surface area (Å²) in [7, 11) is 0. The topological polar surface area (TPSA) is 12.0 Å². The van der Waals surface area contributed by atoms with Crippen LogP contribution in [0.15, 0.2) is 30.3 Å². The van der Waals surface area contributed by atoms with Crippen molar-refractivity contribution in [1.82, 2.24) is 5.32 Å². The molecule has 0 amide bonds. The van der Waals surface area contributed by atoms with Gasteiger partial charge in [0.2, 0.25) is 0 Å². The Balaban J connectivity index is 1.87. The molecule has 1 aromatic rings. The smallest absolute Gasteiger partial charge is 0.0199 e. The molecule has 14 heavy (non-hydrogen) atoms. The van der Waals surface area contributed by atoms with Crippen molar-refractivity contribution < 1.29 is 0 Å². The van der Waals surface area contributed by atoms with Crippen molar-refractivity contribution in [2.24, 2.45) is 0 Å². The second-order valence-electron chi connectivity index (χ2n) is 3.94. The van der Waals surface area contributed by atoms with Gasteiger partial charge in [0.1, 0.15) is 0 Å². The highest BCUT2D eigenvalue weighted by Gasteiger charge is 2.17. The Hall–Kier alpha value is -0.470. The quantitative estimate of drug-likeness (QED) is 0.799. The molecule has 1 heterocycles. The van der Waals surface area contributed by atoms with E-state index in [2.05, 4.69) is 54.3 Å². The van der Waals surface area contributed by atoms with Crippen LogP contribution >= 0.6 is 11.8 Å². The van der Waals surface area contributed by atoms with Crippen LogP contribution in [0.1, 0.15) is 12.5 Å². The summed E-state index contributed by atoms with van der Waals surface area (Å²) in [6.07, 6.45) is 1.17. The summed E-state index contributed by atoms with van der Waals surface area (Å²) in [5.74, 6) is 1.25. The molecule has 0 bridgehead atoms. The normalized spacial score (nSPS) is 27.5. The lowest BCUT2D eigenvalue weighted by Crippen LogP contribution is -2.42. The van der Waals surface area contributed by atoms with Crippen molar-refractivity contribution in [1.29, 1.82) is 0 Å². The van der Waals surface area contributed by atoms with E-state index in [-0.39, 0.29) is 0 Å². The van der Waals surface area contributed by atoms with Crippen LogP contribution in [0.25, 0.3) is 0 Å². The predicted molar refractivity (Wildman–Crippen MR) is 63.9 cm³/mol. The number of thioether (sulfide) groups is 1. The predicted octanol–water partition coefficient (Wildman–Crippen LogP) is 2.32. The van der Waals surface area contributed by atoms with Crippen LogP contribution in [0, 0.1) is 0 Å². The first-order chi connectivity index (χ1) is 6.84. The highest BCUT2D eigenvalue weighted by atomic mass is 32.2. The van der Waals surface area contributed by atoms with Crippen LogP contribution in [-0.2, 0) is 6.42 Å². The molecule has 0 saturated carbocycles. The SMILES string of the molecule is CC1CNC(Cc2ccccc2)CS1. The van der Waals surface area contributed by atoms with Gasteiger partial charge in [0, 0.05) is 23.6 Å². The van der Waals surface area contributed by atoms with E-state index in [4.69, 9.17) is 0 Å². The number of hydrogen-bond donors (Lipinski definition) is 1. The first kappa shape index (κ1) is 10.1. The lowest BCUT2D eigenvalue weighted by atomic mass is 10.1. The van der Waals surface area contributed by atoms with Crippen molar-refractivity contribution >= 4 is 11.8 Å². The molecule has 76 valence electrons. The minimum absolute atomic E-state index is 0.665. The van der Waals surface area contributed by atoms with Gasteiger partial charge in [-0.1, -0.05) is 37.3 Å². The maximum Gasteiger partial charge on any atom is 0.0199 e. The van der Waals surface area contributed by atoms with E-state index < -0.39 is 0 Å². The van der Waals surface area contributed by atoms with Crippen molar-refractivity contribution in [3.63, 3.8) is 0 Å². The third kappa shape index (κ3) is 2.76. The molecule has 1 aliphatic rings. The summed E-state index contributed by atoms with van der Waals surface area (Å²) in [6, 6.07) is 11.4. The van der Waals surface area contributed by atoms with Gasteiger partial charge in [-0.2, -0.15) is 11.8 Å². The largest absolute Gasteiger partial charge is 0.312 e. The second kappa shape index (κ2) is 4.85.